The summed E-state index contributed by atoms with van der Waals surface area (Å²) in [5.41, 5.74) is -0.430. The number of hydrogen-bond donors (Lipinski definition) is 2. The van der Waals surface area contributed by atoms with Crippen LogP contribution in [0.25, 0.3) is 0 Å². The zero-order valence-electron chi connectivity index (χ0n) is 11.5. The van der Waals surface area contributed by atoms with Crippen LogP contribution in [0.2, 0.25) is 0 Å². The van der Waals surface area contributed by atoms with Gasteiger partial charge < -0.3 is 10.6 Å². The third-order valence-electron chi connectivity index (χ3n) is 2.89. The zero-order valence-corrected chi connectivity index (χ0v) is 11.5. The molecule has 2 aromatic rings. The minimum absolute atomic E-state index is 0.0677. The van der Waals surface area contributed by atoms with Gasteiger partial charge in [0.05, 0.1) is 5.56 Å². The summed E-state index contributed by atoms with van der Waals surface area (Å²) >= 11 is 0. The molecular weight excluding hydrogens is 279 g/mol. The Kier molecular flexibility index (Phi) is 4.67. The molecule has 0 aliphatic heterocycles. The van der Waals surface area contributed by atoms with E-state index in [0.717, 1.165) is 12.6 Å². The van der Waals surface area contributed by atoms with Crippen LogP contribution in [-0.2, 0) is 12.7 Å². The van der Waals surface area contributed by atoms with Crippen molar-refractivity contribution in [3.8, 4) is 0 Å². The van der Waals surface area contributed by atoms with E-state index in [2.05, 4.69) is 15.6 Å². The topological polar surface area (TPSA) is 37.0 Å². The second-order valence-electron chi connectivity index (χ2n) is 4.45. The largest absolute Gasteiger partial charge is 0.416 e. The lowest BCUT2D eigenvalue weighted by Gasteiger charge is -2.14. The fraction of sp³-hybridized carbons (Fsp3) is 0.267. The number of pyridine rings is 1. The molecule has 0 aliphatic carbocycles. The number of alkyl halides is 3. The lowest BCUT2D eigenvalue weighted by Crippen LogP contribution is -2.12. The molecule has 21 heavy (non-hydrogen) atoms. The van der Waals surface area contributed by atoms with E-state index in [1.807, 2.05) is 6.92 Å². The summed E-state index contributed by atoms with van der Waals surface area (Å²) in [4.78, 5) is 4.27. The van der Waals surface area contributed by atoms with Crippen LogP contribution in [0.4, 0.5) is 24.8 Å². The first-order valence-electron chi connectivity index (χ1n) is 6.60. The van der Waals surface area contributed by atoms with Gasteiger partial charge in [-0.15, -0.1) is 0 Å². The van der Waals surface area contributed by atoms with Gasteiger partial charge in [0.15, 0.2) is 0 Å². The van der Waals surface area contributed by atoms with Crippen molar-refractivity contribution in [1.82, 2.24) is 4.98 Å². The van der Waals surface area contributed by atoms with E-state index in [1.54, 1.807) is 24.3 Å². The van der Waals surface area contributed by atoms with Crippen LogP contribution in [0.1, 0.15) is 18.1 Å². The van der Waals surface area contributed by atoms with Gasteiger partial charge in [-0.3, -0.25) is 0 Å². The number of nitrogens with one attached hydrogen (secondary N) is 2. The number of nitrogens with zero attached hydrogens (tertiary/aromatic N) is 1. The smallest absolute Gasteiger partial charge is 0.370 e. The van der Waals surface area contributed by atoms with Crippen LogP contribution >= 0.6 is 0 Å². The number of aromatic nitrogens is 1. The molecular formula is C15H16F3N3. The van der Waals surface area contributed by atoms with Crippen LogP contribution in [0.5, 0.6) is 0 Å². The molecule has 1 aromatic carbocycles. The molecule has 112 valence electrons. The lowest BCUT2D eigenvalue weighted by atomic mass is 10.1. The molecule has 0 unspecified atom stereocenters. The minimum Gasteiger partial charge on any atom is -0.370 e. The summed E-state index contributed by atoms with van der Waals surface area (Å²) in [7, 11) is 0. The first-order valence-corrected chi connectivity index (χ1v) is 6.60. The maximum atomic E-state index is 12.9. The fourth-order valence-corrected chi connectivity index (χ4v) is 1.95. The van der Waals surface area contributed by atoms with Crippen molar-refractivity contribution < 1.29 is 13.2 Å². The van der Waals surface area contributed by atoms with Crippen molar-refractivity contribution in [1.29, 1.82) is 0 Å². The molecule has 0 spiro atoms. The highest BCUT2D eigenvalue weighted by molar-refractivity contribution is 5.46. The molecule has 0 aliphatic rings. The van der Waals surface area contributed by atoms with Crippen LogP contribution < -0.4 is 10.6 Å². The summed E-state index contributed by atoms with van der Waals surface area (Å²) in [6, 6.07) is 10.8. The van der Waals surface area contributed by atoms with E-state index in [9.17, 15) is 13.2 Å². The highest BCUT2D eigenvalue weighted by Gasteiger charge is 2.32. The second-order valence-corrected chi connectivity index (χ2v) is 4.45. The molecule has 2 rings (SSSR count). The number of halogens is 3. The molecule has 1 heterocycles. The highest BCUT2D eigenvalue weighted by Crippen LogP contribution is 2.32. The van der Waals surface area contributed by atoms with Gasteiger partial charge in [0.1, 0.15) is 11.6 Å². The normalized spacial score (nSPS) is 11.2. The molecule has 0 bridgehead atoms. The zero-order chi connectivity index (χ0) is 15.3. The number of anilines is 2. The van der Waals surface area contributed by atoms with Gasteiger partial charge in [-0.25, -0.2) is 4.98 Å². The van der Waals surface area contributed by atoms with Crippen LogP contribution in [0.3, 0.4) is 0 Å². The molecule has 0 atom stereocenters. The van der Waals surface area contributed by atoms with Crippen LogP contribution in [-0.4, -0.2) is 11.5 Å². The third-order valence-corrected chi connectivity index (χ3v) is 2.89. The Morgan fingerprint density at radius 1 is 0.952 bits per heavy atom. The number of hydrogen-bond acceptors (Lipinski definition) is 3. The van der Waals surface area contributed by atoms with E-state index in [4.69, 9.17) is 0 Å². The molecule has 0 saturated carbocycles. The Morgan fingerprint density at radius 3 is 2.29 bits per heavy atom. The first-order chi connectivity index (χ1) is 10.0. The van der Waals surface area contributed by atoms with Crippen molar-refractivity contribution in [2.75, 3.05) is 17.2 Å². The SMILES string of the molecule is CCNc1cccc(NCc2ccccc2C(F)(F)F)n1. The summed E-state index contributed by atoms with van der Waals surface area (Å²) in [5, 5.41) is 5.97. The van der Waals surface area contributed by atoms with E-state index >= 15 is 0 Å². The van der Waals surface area contributed by atoms with E-state index < -0.39 is 11.7 Å². The quantitative estimate of drug-likeness (QED) is 0.870. The molecule has 0 amide bonds. The average molecular weight is 295 g/mol. The van der Waals surface area contributed by atoms with Crippen molar-refractivity contribution in [2.24, 2.45) is 0 Å². The Hall–Kier alpha value is -2.24. The molecule has 2 N–H and O–H groups in total. The second kappa shape index (κ2) is 6.47. The predicted octanol–water partition coefficient (Wildman–Crippen LogP) is 4.14. The van der Waals surface area contributed by atoms with E-state index in [1.165, 1.54) is 12.1 Å². The molecule has 3 nitrogen and oxygen atoms in total. The standard InChI is InChI=1S/C15H16F3N3/c1-2-19-13-8-5-9-14(21-13)20-10-11-6-3-4-7-12(11)15(16,17)18/h3-9H,2,10H2,1H3,(H2,19,20,21). The van der Waals surface area contributed by atoms with Crippen LogP contribution in [0, 0.1) is 0 Å². The van der Waals surface area contributed by atoms with Gasteiger partial charge in [0, 0.05) is 13.1 Å². The average Bonchev–Trinajstić information content (AvgIpc) is 2.45. The fourth-order valence-electron chi connectivity index (χ4n) is 1.95. The minimum atomic E-state index is -4.35. The summed E-state index contributed by atoms with van der Waals surface area (Å²) < 4.78 is 38.7. The molecule has 1 aromatic heterocycles. The maximum Gasteiger partial charge on any atom is 0.416 e. The summed E-state index contributed by atoms with van der Waals surface area (Å²) in [6.07, 6.45) is -4.35. The van der Waals surface area contributed by atoms with Crippen LogP contribution in [0.15, 0.2) is 42.5 Å². The Morgan fingerprint density at radius 2 is 1.62 bits per heavy atom. The van der Waals surface area contributed by atoms with Gasteiger partial charge in [0.25, 0.3) is 0 Å². The highest BCUT2D eigenvalue weighted by atomic mass is 19.4. The first kappa shape index (κ1) is 15.2. The van der Waals surface area contributed by atoms with Gasteiger partial charge in [0.2, 0.25) is 0 Å². The lowest BCUT2D eigenvalue weighted by molar-refractivity contribution is -0.138. The Labute approximate surface area is 121 Å². The van der Waals surface area contributed by atoms with Gasteiger partial charge in [-0.1, -0.05) is 24.3 Å². The molecule has 0 saturated heterocycles. The van der Waals surface area contributed by atoms with Gasteiger partial charge in [-0.05, 0) is 30.7 Å². The number of rotatable bonds is 5. The van der Waals surface area contributed by atoms with Gasteiger partial charge in [-0.2, -0.15) is 13.2 Å². The number of benzene rings is 1. The Bertz CT molecular complexity index is 597. The predicted molar refractivity (Wildman–Crippen MR) is 77.2 cm³/mol. The van der Waals surface area contributed by atoms with E-state index in [-0.39, 0.29) is 12.1 Å². The van der Waals surface area contributed by atoms with Gasteiger partial charge >= 0.3 is 6.18 Å². The van der Waals surface area contributed by atoms with Crippen molar-refractivity contribution >= 4 is 11.6 Å². The van der Waals surface area contributed by atoms with Crippen molar-refractivity contribution in [2.45, 2.75) is 19.6 Å². The van der Waals surface area contributed by atoms with Crippen molar-refractivity contribution in [3.63, 3.8) is 0 Å². The molecule has 0 radical (unpaired) electrons. The van der Waals surface area contributed by atoms with E-state index in [0.29, 0.717) is 11.6 Å². The van der Waals surface area contributed by atoms with Crippen molar-refractivity contribution in [3.05, 3.63) is 53.6 Å². The monoisotopic (exact) mass is 295 g/mol. The third kappa shape index (κ3) is 4.11. The summed E-state index contributed by atoms with van der Waals surface area (Å²) in [5.74, 6) is 1.22. The maximum absolute atomic E-state index is 12.9. The molecule has 0 fully saturated rings. The molecule has 6 heteroatoms. The summed E-state index contributed by atoms with van der Waals surface area (Å²) in [6.45, 7) is 2.74. The Balaban J connectivity index is 2.12.